The van der Waals surface area contributed by atoms with Gasteiger partial charge in [-0.1, -0.05) is 4.47 Å². The van der Waals surface area contributed by atoms with Crippen molar-refractivity contribution >= 4 is 10.5 Å². The normalized spacial score (nSPS) is 26.7. The van der Waals surface area contributed by atoms with Crippen LogP contribution >= 0.6 is 0 Å². The molecule has 0 saturated carbocycles. The van der Waals surface area contributed by atoms with Crippen LogP contribution in [0.2, 0.25) is 0 Å². The van der Waals surface area contributed by atoms with Gasteiger partial charge < -0.3 is 4.57 Å². The average molecular weight is 228 g/mol. The summed E-state index contributed by atoms with van der Waals surface area (Å²) in [6, 6.07) is 0. The third-order valence-electron chi connectivity index (χ3n) is 2.80. The van der Waals surface area contributed by atoms with Crippen molar-refractivity contribution in [2.45, 2.75) is 25.4 Å². The van der Waals surface area contributed by atoms with Gasteiger partial charge in [0.2, 0.25) is 0 Å². The summed E-state index contributed by atoms with van der Waals surface area (Å²) in [7, 11) is -2.40. The van der Waals surface area contributed by atoms with Crippen molar-refractivity contribution in [1.29, 1.82) is 0 Å². The van der Waals surface area contributed by atoms with E-state index in [4.69, 9.17) is 0 Å². The van der Waals surface area contributed by atoms with E-state index in [0.29, 0.717) is 6.54 Å². The van der Waals surface area contributed by atoms with Gasteiger partial charge >= 0.3 is 10.5 Å². The Hall–Kier alpha value is -1.21. The smallest absolute Gasteiger partial charge is 0.317 e. The van der Waals surface area contributed by atoms with E-state index in [-0.39, 0.29) is 0 Å². The van der Waals surface area contributed by atoms with Crippen LogP contribution in [0.3, 0.4) is 0 Å². The van der Waals surface area contributed by atoms with Crippen LogP contribution in [0.5, 0.6) is 0 Å². The minimum Gasteiger partial charge on any atom is -0.317 e. The van der Waals surface area contributed by atoms with Crippen LogP contribution in [0.4, 0.5) is 0 Å². The minimum absolute atomic E-state index is 0.406. The lowest BCUT2D eigenvalue weighted by molar-refractivity contribution is 0.0866. The maximum atomic E-state index is 10.6. The van der Waals surface area contributed by atoms with Crippen molar-refractivity contribution in [2.24, 2.45) is 4.47 Å². The summed E-state index contributed by atoms with van der Waals surface area (Å²) in [4.78, 5) is 3.97. The minimum atomic E-state index is -2.40. The van der Waals surface area contributed by atoms with Crippen molar-refractivity contribution in [2.75, 3.05) is 6.54 Å². The summed E-state index contributed by atoms with van der Waals surface area (Å²) in [5.74, 6) is 0. The second-order valence-electron chi connectivity index (χ2n) is 3.71. The fraction of sp³-hybridized carbons (Fsp3) is 0.625. The number of aromatic nitrogens is 2. The molecule has 2 heterocycles. The highest BCUT2D eigenvalue weighted by Crippen LogP contribution is 2.33. The predicted octanol–water partition coefficient (Wildman–Crippen LogP) is 0.629. The van der Waals surface area contributed by atoms with E-state index in [1.807, 2.05) is 17.7 Å². The second kappa shape index (κ2) is 3.74. The Morgan fingerprint density at radius 3 is 2.93 bits per heavy atom. The van der Waals surface area contributed by atoms with E-state index >= 15 is 0 Å². The quantitative estimate of drug-likeness (QED) is 0.744. The molecule has 0 bridgehead atoms. The molecule has 7 heteroatoms. The van der Waals surface area contributed by atoms with Gasteiger partial charge in [-0.3, -0.25) is 0 Å². The number of nitrogens with zero attached hydrogens (tertiary/aromatic N) is 4. The lowest BCUT2D eigenvalue weighted by Crippen LogP contribution is -2.39. The fourth-order valence-corrected chi connectivity index (χ4v) is 2.37. The molecule has 82 valence electrons. The standard InChI is InChI=1S/C8H12N4O2S/c1-8(11-6-4-9-7-11)3-2-5-12(8)10-15(13)14/h4,6-7H,2-3,5H2,1H3. The Labute approximate surface area is 89.2 Å². The van der Waals surface area contributed by atoms with Crippen LogP contribution in [0, 0.1) is 0 Å². The molecule has 0 radical (unpaired) electrons. The molecule has 1 unspecified atom stereocenters. The van der Waals surface area contributed by atoms with Gasteiger partial charge in [0.15, 0.2) is 0 Å². The number of hydrogen-bond acceptors (Lipinski definition) is 4. The molecule has 1 aromatic rings. The summed E-state index contributed by atoms with van der Waals surface area (Å²) in [6.45, 7) is 2.61. The Morgan fingerprint density at radius 2 is 2.33 bits per heavy atom. The van der Waals surface area contributed by atoms with Crippen LogP contribution in [0.15, 0.2) is 23.2 Å². The first-order valence-corrected chi connectivity index (χ1v) is 5.73. The van der Waals surface area contributed by atoms with Gasteiger partial charge in [-0.15, -0.1) is 0 Å². The maximum absolute atomic E-state index is 10.6. The fourth-order valence-electron chi connectivity index (χ4n) is 1.95. The zero-order chi connectivity index (χ0) is 10.9. The van der Waals surface area contributed by atoms with Crippen LogP contribution in [0.25, 0.3) is 0 Å². The van der Waals surface area contributed by atoms with Gasteiger partial charge in [-0.2, -0.15) is 13.4 Å². The molecule has 1 aliphatic rings. The summed E-state index contributed by atoms with van der Waals surface area (Å²) in [5.41, 5.74) is -0.406. The summed E-state index contributed by atoms with van der Waals surface area (Å²) in [6.07, 6.45) is 6.97. The highest BCUT2D eigenvalue weighted by molar-refractivity contribution is 7.61. The van der Waals surface area contributed by atoms with Gasteiger partial charge in [-0.25, -0.2) is 4.98 Å². The van der Waals surface area contributed by atoms with Gasteiger partial charge in [0.1, 0.15) is 5.66 Å². The Balaban J connectivity index is 2.38. The van der Waals surface area contributed by atoms with Crippen molar-refractivity contribution in [3.05, 3.63) is 18.7 Å². The molecule has 1 atom stereocenters. The zero-order valence-electron chi connectivity index (χ0n) is 8.37. The molecule has 2 rings (SSSR count). The van der Waals surface area contributed by atoms with Crippen LogP contribution in [0.1, 0.15) is 19.8 Å². The highest BCUT2D eigenvalue weighted by atomic mass is 32.2. The summed E-state index contributed by atoms with van der Waals surface area (Å²) >= 11 is 0. The molecular weight excluding hydrogens is 216 g/mol. The number of rotatable bonds is 2. The van der Waals surface area contributed by atoms with Gasteiger partial charge in [0.25, 0.3) is 0 Å². The van der Waals surface area contributed by atoms with Gasteiger partial charge in [-0.05, 0) is 19.8 Å². The van der Waals surface area contributed by atoms with Crippen LogP contribution in [-0.4, -0.2) is 29.5 Å². The lowest BCUT2D eigenvalue weighted by Gasteiger charge is -2.31. The zero-order valence-corrected chi connectivity index (χ0v) is 9.18. The van der Waals surface area contributed by atoms with E-state index in [9.17, 15) is 8.42 Å². The predicted molar refractivity (Wildman–Crippen MR) is 53.2 cm³/mol. The van der Waals surface area contributed by atoms with E-state index in [1.54, 1.807) is 17.5 Å². The molecule has 1 aromatic heterocycles. The van der Waals surface area contributed by atoms with Crippen molar-refractivity contribution in [3.8, 4) is 0 Å². The maximum Gasteiger partial charge on any atom is 0.328 e. The molecule has 0 aromatic carbocycles. The molecule has 1 saturated heterocycles. The van der Waals surface area contributed by atoms with Gasteiger partial charge in [0.05, 0.1) is 6.33 Å². The van der Waals surface area contributed by atoms with Gasteiger partial charge in [0, 0.05) is 18.9 Å². The van der Waals surface area contributed by atoms with E-state index in [2.05, 4.69) is 9.46 Å². The van der Waals surface area contributed by atoms with Crippen LogP contribution < -0.4 is 0 Å². The molecule has 6 nitrogen and oxygen atoms in total. The van der Waals surface area contributed by atoms with Crippen LogP contribution in [-0.2, 0) is 16.2 Å². The Bertz CT molecular complexity index is 459. The molecule has 1 aliphatic heterocycles. The first kappa shape index (κ1) is 10.3. The third kappa shape index (κ3) is 1.80. The average Bonchev–Trinajstić information content (AvgIpc) is 2.76. The second-order valence-corrected chi connectivity index (χ2v) is 4.31. The van der Waals surface area contributed by atoms with Crippen molar-refractivity contribution in [1.82, 2.24) is 14.6 Å². The molecule has 1 fully saturated rings. The molecule has 0 N–H and O–H groups in total. The monoisotopic (exact) mass is 228 g/mol. The number of imidazole rings is 1. The Morgan fingerprint density at radius 1 is 1.53 bits per heavy atom. The lowest BCUT2D eigenvalue weighted by atomic mass is 10.1. The first-order valence-electron chi connectivity index (χ1n) is 4.70. The topological polar surface area (TPSA) is 67.6 Å². The summed E-state index contributed by atoms with van der Waals surface area (Å²) < 4.78 is 26.6. The molecule has 15 heavy (non-hydrogen) atoms. The van der Waals surface area contributed by atoms with Crippen molar-refractivity contribution in [3.63, 3.8) is 0 Å². The molecule has 0 aliphatic carbocycles. The summed E-state index contributed by atoms with van der Waals surface area (Å²) in [5, 5.41) is 1.60. The number of hydrogen-bond donors (Lipinski definition) is 0. The SMILES string of the molecule is CC1(n2ccnc2)CCCN1N=S(=O)=O. The largest absolute Gasteiger partial charge is 0.328 e. The molecular formula is C8H12N4O2S. The Kier molecular flexibility index (Phi) is 2.57. The highest BCUT2D eigenvalue weighted by Gasteiger charge is 2.38. The van der Waals surface area contributed by atoms with E-state index in [0.717, 1.165) is 12.8 Å². The molecule has 0 spiro atoms. The first-order chi connectivity index (χ1) is 7.13. The third-order valence-corrected chi connectivity index (χ3v) is 3.13. The van der Waals surface area contributed by atoms with Crippen molar-refractivity contribution < 1.29 is 8.42 Å². The van der Waals surface area contributed by atoms with E-state index in [1.165, 1.54) is 0 Å². The van der Waals surface area contributed by atoms with E-state index < -0.39 is 16.2 Å². The molecule has 0 amide bonds.